The summed E-state index contributed by atoms with van der Waals surface area (Å²) in [5, 5.41) is 20.3. The second-order valence-corrected chi connectivity index (χ2v) is 16.2. The van der Waals surface area contributed by atoms with Crippen LogP contribution >= 0.6 is 23.2 Å². The van der Waals surface area contributed by atoms with Crippen molar-refractivity contribution in [2.24, 2.45) is 0 Å². The third kappa shape index (κ3) is 9.49. The van der Waals surface area contributed by atoms with Crippen LogP contribution in [0.25, 0.3) is 28.3 Å². The molecule has 0 radical (unpaired) electrons. The molecule has 0 aliphatic carbocycles. The average Bonchev–Trinajstić information content (AvgIpc) is 3.68. The van der Waals surface area contributed by atoms with E-state index in [9.17, 15) is 32.8 Å². The molecule has 1 aromatic heterocycles. The first-order chi connectivity index (χ1) is 27.6. The van der Waals surface area contributed by atoms with Crippen LogP contribution in [0.15, 0.2) is 107 Å². The third-order valence-corrected chi connectivity index (χ3v) is 11.4. The number of carbonyl (C=O) groups is 2. The standard InChI is InChI=1S/C42H42Cl2N4O9S/c1-4-46-34-25-32(43)33(44)26-35(34)48(27-56-40(49)20-22-45(3)31-17-15-30(16-18-31)42(2,52)41(50)51)38(46)12-8-13-39-47(21-9-23-58(53,54)55)36-24-29(14-19-37(36)57-39)28-10-6-5-7-11-28/h5-8,10-19,24-26,52H,4,9,20-23,27H2,1-3H3,(H-,50,51,53,54,55)/p+1. The summed E-state index contributed by atoms with van der Waals surface area (Å²) < 4.78 is 46.5. The molecule has 4 aromatic carbocycles. The van der Waals surface area contributed by atoms with Crippen molar-refractivity contribution < 1.29 is 46.5 Å². The lowest BCUT2D eigenvalue weighted by atomic mass is 9.96. The number of ether oxygens (including phenoxy) is 1. The van der Waals surface area contributed by atoms with Crippen molar-refractivity contribution >= 4 is 79.5 Å². The van der Waals surface area contributed by atoms with Gasteiger partial charge in [-0.15, -0.1) is 0 Å². The molecular formula is C42H43Cl2N4O9S+. The molecule has 0 amide bonds. The molecule has 16 heteroatoms. The number of aliphatic hydroxyl groups is 1. The van der Waals surface area contributed by atoms with Crippen LogP contribution in [0.5, 0.6) is 0 Å². The summed E-state index contributed by atoms with van der Waals surface area (Å²) in [7, 11) is -2.39. The predicted octanol–water partition coefficient (Wildman–Crippen LogP) is 7.49. The molecule has 0 saturated heterocycles. The first kappa shape index (κ1) is 42.2. The van der Waals surface area contributed by atoms with Gasteiger partial charge in [-0.1, -0.05) is 71.7 Å². The Bertz CT molecular complexity index is 2490. The SMILES string of the molecule is CCN1C(=CC=Cc2oc3ccc(-c4ccccc4)cc3[n+]2CCCS(=O)(=O)O)N(COC(=O)CCN(C)c2ccc(C(C)(O)C(=O)O)cc2)c2cc(Cl)c(Cl)cc21. The van der Waals surface area contributed by atoms with E-state index in [0.717, 1.165) is 22.3 Å². The number of carboxylic acids is 1. The van der Waals surface area contributed by atoms with Crippen LogP contribution < -0.4 is 19.3 Å². The molecule has 0 fully saturated rings. The first-order valence-electron chi connectivity index (χ1n) is 18.4. The van der Waals surface area contributed by atoms with Gasteiger partial charge in [0.2, 0.25) is 5.58 Å². The van der Waals surface area contributed by atoms with E-state index < -0.39 is 33.4 Å². The molecule has 58 heavy (non-hydrogen) atoms. The molecule has 13 nitrogen and oxygen atoms in total. The van der Waals surface area contributed by atoms with Gasteiger partial charge in [-0.05, 0) is 73.0 Å². The molecule has 3 N–H and O–H groups in total. The van der Waals surface area contributed by atoms with Crippen molar-refractivity contribution in [3.63, 3.8) is 0 Å². The summed E-state index contributed by atoms with van der Waals surface area (Å²) in [5.41, 5.74) is 3.65. The molecule has 1 aliphatic rings. The highest BCUT2D eigenvalue weighted by Gasteiger charge is 2.33. The van der Waals surface area contributed by atoms with E-state index in [2.05, 4.69) is 0 Å². The second-order valence-electron chi connectivity index (χ2n) is 13.8. The molecule has 1 unspecified atom stereocenters. The number of benzene rings is 4. The maximum Gasteiger partial charge on any atom is 0.374 e. The van der Waals surface area contributed by atoms with Crippen LogP contribution in [0.1, 0.15) is 38.1 Å². The minimum atomic E-state index is -4.17. The average molecular weight is 851 g/mol. The fourth-order valence-electron chi connectivity index (χ4n) is 6.65. The van der Waals surface area contributed by atoms with Crippen molar-refractivity contribution in [2.75, 3.05) is 47.3 Å². The van der Waals surface area contributed by atoms with E-state index >= 15 is 0 Å². The van der Waals surface area contributed by atoms with Gasteiger partial charge in [-0.25, -0.2) is 4.79 Å². The summed E-state index contributed by atoms with van der Waals surface area (Å²) in [4.78, 5) is 30.2. The number of halogens is 2. The Kier molecular flexibility index (Phi) is 12.8. The number of carbonyl (C=O) groups excluding carboxylic acids is 1. The topological polar surface area (TPSA) is 165 Å². The van der Waals surface area contributed by atoms with Gasteiger partial charge in [-0.2, -0.15) is 13.0 Å². The Labute approximate surface area is 346 Å². The monoisotopic (exact) mass is 849 g/mol. The normalized spacial score (nSPS) is 14.6. The molecule has 0 saturated carbocycles. The van der Waals surface area contributed by atoms with Crippen molar-refractivity contribution in [3.8, 4) is 11.1 Å². The molecule has 304 valence electrons. The number of aromatic nitrogens is 1. The largest absolute Gasteiger partial charge is 0.479 e. The van der Waals surface area contributed by atoms with E-state index in [4.69, 9.17) is 32.4 Å². The maximum absolute atomic E-state index is 13.1. The molecule has 1 aliphatic heterocycles. The number of aryl methyl sites for hydroxylation is 1. The van der Waals surface area contributed by atoms with Crippen molar-refractivity contribution in [1.82, 2.24) is 0 Å². The molecule has 2 heterocycles. The van der Waals surface area contributed by atoms with Crippen molar-refractivity contribution in [3.05, 3.63) is 124 Å². The Balaban J connectivity index is 1.23. The lowest BCUT2D eigenvalue weighted by molar-refractivity contribution is -0.677. The number of rotatable bonds is 16. The number of hydrogen-bond donors (Lipinski definition) is 3. The number of anilines is 3. The number of hydrogen-bond acceptors (Lipinski definition) is 10. The summed E-state index contributed by atoms with van der Waals surface area (Å²) in [6.45, 7) is 4.11. The Morgan fingerprint density at radius 2 is 1.64 bits per heavy atom. The van der Waals surface area contributed by atoms with Crippen molar-refractivity contribution in [1.29, 1.82) is 0 Å². The first-order valence-corrected chi connectivity index (χ1v) is 20.8. The predicted molar refractivity (Wildman–Crippen MR) is 224 cm³/mol. The van der Waals surface area contributed by atoms with E-state index in [1.807, 2.05) is 80.8 Å². The summed E-state index contributed by atoms with van der Waals surface area (Å²) in [6, 6.07) is 25.5. The van der Waals surface area contributed by atoms with Gasteiger partial charge in [-0.3, -0.25) is 14.2 Å². The van der Waals surface area contributed by atoms with Crippen LogP contribution in [0.3, 0.4) is 0 Å². The number of carboxylic acid groups (broad SMARTS) is 1. The molecule has 1 atom stereocenters. The van der Waals surface area contributed by atoms with Gasteiger partial charge in [0.25, 0.3) is 15.6 Å². The fourth-order valence-corrected chi connectivity index (χ4v) is 7.46. The minimum Gasteiger partial charge on any atom is -0.479 e. The molecule has 0 bridgehead atoms. The zero-order chi connectivity index (χ0) is 41.8. The highest BCUT2D eigenvalue weighted by molar-refractivity contribution is 7.85. The van der Waals surface area contributed by atoms with Crippen LogP contribution in [0, 0.1) is 0 Å². The highest BCUT2D eigenvalue weighted by Crippen LogP contribution is 2.45. The van der Waals surface area contributed by atoms with Gasteiger partial charge < -0.3 is 29.2 Å². The number of oxazole rings is 1. The maximum atomic E-state index is 13.1. The number of allylic oxidation sites excluding steroid dienone is 2. The summed E-state index contributed by atoms with van der Waals surface area (Å²) in [5.74, 6) is -1.13. The van der Waals surface area contributed by atoms with Gasteiger partial charge >= 0.3 is 17.8 Å². The lowest BCUT2D eigenvalue weighted by Gasteiger charge is -2.24. The smallest absolute Gasteiger partial charge is 0.374 e. The Morgan fingerprint density at radius 1 is 0.966 bits per heavy atom. The number of esters is 1. The molecule has 0 spiro atoms. The van der Waals surface area contributed by atoms with Gasteiger partial charge in [0.05, 0.1) is 39.7 Å². The van der Waals surface area contributed by atoms with Crippen LogP contribution in [-0.4, -0.2) is 67.7 Å². The van der Waals surface area contributed by atoms with E-state index in [1.54, 1.807) is 43.5 Å². The zero-order valence-corrected chi connectivity index (χ0v) is 34.3. The molecular weight excluding hydrogens is 807 g/mol. The molecule has 5 aromatic rings. The van der Waals surface area contributed by atoms with E-state index in [1.165, 1.54) is 19.1 Å². The minimum absolute atomic E-state index is 0.0409. The van der Waals surface area contributed by atoms with Gasteiger partial charge in [0.15, 0.2) is 18.9 Å². The van der Waals surface area contributed by atoms with Gasteiger partial charge in [0.1, 0.15) is 5.82 Å². The Morgan fingerprint density at radius 3 is 2.28 bits per heavy atom. The van der Waals surface area contributed by atoms with Crippen LogP contribution in [0.2, 0.25) is 10.0 Å². The third-order valence-electron chi connectivity index (χ3n) is 9.87. The number of aliphatic carboxylic acids is 1. The second kappa shape index (κ2) is 17.6. The van der Waals surface area contributed by atoms with Crippen LogP contribution in [-0.2, 0) is 36.6 Å². The van der Waals surface area contributed by atoms with E-state index in [-0.39, 0.29) is 31.7 Å². The quantitative estimate of drug-likeness (QED) is 0.0510. The van der Waals surface area contributed by atoms with E-state index in [0.29, 0.717) is 51.8 Å². The Hall–Kier alpha value is -5.38. The number of fused-ring (bicyclic) bond motifs is 2. The van der Waals surface area contributed by atoms with Crippen LogP contribution in [0.4, 0.5) is 17.1 Å². The summed E-state index contributed by atoms with van der Waals surface area (Å²) >= 11 is 12.9. The van der Waals surface area contributed by atoms with Gasteiger partial charge in [0, 0.05) is 38.3 Å². The zero-order valence-electron chi connectivity index (χ0n) is 32.0. The molecule has 6 rings (SSSR count). The highest BCUT2D eigenvalue weighted by atomic mass is 35.5. The van der Waals surface area contributed by atoms with Crippen molar-refractivity contribution in [2.45, 2.75) is 38.8 Å². The summed E-state index contributed by atoms with van der Waals surface area (Å²) in [6.07, 6.45) is 5.57. The lowest BCUT2D eigenvalue weighted by Crippen LogP contribution is -2.36. The fraction of sp³-hybridized carbons (Fsp3) is 0.262. The number of nitrogens with zero attached hydrogens (tertiary/aromatic N) is 4.